The molecule has 0 heterocycles. The molecule has 0 bridgehead atoms. The number of carbonyl (C=O) groups excluding carboxylic acids is 1. The van der Waals surface area contributed by atoms with E-state index in [1.807, 2.05) is 42.5 Å². The van der Waals surface area contributed by atoms with E-state index in [9.17, 15) is 4.79 Å². The molecular formula is C15H12BrClINO. The third-order valence-electron chi connectivity index (χ3n) is 2.81. The van der Waals surface area contributed by atoms with Crippen LogP contribution < -0.4 is 0 Å². The quantitative estimate of drug-likeness (QED) is 0.587. The van der Waals surface area contributed by atoms with E-state index in [0.717, 1.165) is 13.6 Å². The highest BCUT2D eigenvalue weighted by atomic mass is 127. The van der Waals surface area contributed by atoms with Crippen LogP contribution >= 0.6 is 50.1 Å². The Balaban J connectivity index is 2.18. The summed E-state index contributed by atoms with van der Waals surface area (Å²) in [6, 6.07) is 13.3. The lowest BCUT2D eigenvalue weighted by atomic mass is 10.1. The Kier molecular flexibility index (Phi) is 5.46. The highest BCUT2D eigenvalue weighted by molar-refractivity contribution is 14.1. The molecule has 0 fully saturated rings. The molecule has 0 atom stereocenters. The smallest absolute Gasteiger partial charge is 0.255 e. The normalized spacial score (nSPS) is 10.4. The summed E-state index contributed by atoms with van der Waals surface area (Å²) in [6.07, 6.45) is 0. The molecule has 0 N–H and O–H groups in total. The van der Waals surface area contributed by atoms with Crippen LogP contribution in [-0.4, -0.2) is 17.9 Å². The molecule has 5 heteroatoms. The first kappa shape index (κ1) is 15.8. The lowest BCUT2D eigenvalue weighted by Gasteiger charge is -2.18. The van der Waals surface area contributed by atoms with Gasteiger partial charge in [0, 0.05) is 26.7 Å². The predicted molar refractivity (Wildman–Crippen MR) is 94.1 cm³/mol. The summed E-state index contributed by atoms with van der Waals surface area (Å²) >= 11 is 11.6. The van der Waals surface area contributed by atoms with Gasteiger partial charge in [-0.05, 0) is 74.4 Å². The second-order valence-corrected chi connectivity index (χ2v) is 6.95. The van der Waals surface area contributed by atoms with Crippen molar-refractivity contribution < 1.29 is 4.79 Å². The molecule has 0 aliphatic carbocycles. The van der Waals surface area contributed by atoms with Crippen molar-refractivity contribution >= 4 is 56.0 Å². The van der Waals surface area contributed by atoms with Crippen LogP contribution in [-0.2, 0) is 6.54 Å². The van der Waals surface area contributed by atoms with Crippen molar-refractivity contribution in [2.75, 3.05) is 7.05 Å². The van der Waals surface area contributed by atoms with Crippen LogP contribution in [0.3, 0.4) is 0 Å². The summed E-state index contributed by atoms with van der Waals surface area (Å²) < 4.78 is 1.84. The molecule has 0 unspecified atom stereocenters. The Bertz CT molecular complexity index is 648. The van der Waals surface area contributed by atoms with Gasteiger partial charge in [-0.1, -0.05) is 23.7 Å². The van der Waals surface area contributed by atoms with Crippen LogP contribution in [0.25, 0.3) is 0 Å². The maximum Gasteiger partial charge on any atom is 0.255 e. The van der Waals surface area contributed by atoms with E-state index in [2.05, 4.69) is 38.5 Å². The second-order valence-electron chi connectivity index (χ2n) is 4.42. The van der Waals surface area contributed by atoms with Gasteiger partial charge in [0.1, 0.15) is 0 Å². The molecule has 0 radical (unpaired) electrons. The summed E-state index contributed by atoms with van der Waals surface area (Å²) in [4.78, 5) is 14.1. The fourth-order valence-corrected chi connectivity index (χ4v) is 2.97. The van der Waals surface area contributed by atoms with Crippen molar-refractivity contribution in [3.05, 3.63) is 66.7 Å². The van der Waals surface area contributed by atoms with Crippen molar-refractivity contribution in [1.82, 2.24) is 4.90 Å². The van der Waals surface area contributed by atoms with Gasteiger partial charge in [0.15, 0.2) is 0 Å². The molecule has 2 aromatic rings. The zero-order valence-electron chi connectivity index (χ0n) is 10.7. The van der Waals surface area contributed by atoms with Crippen molar-refractivity contribution in [2.45, 2.75) is 6.54 Å². The van der Waals surface area contributed by atoms with E-state index in [4.69, 9.17) is 11.6 Å². The molecule has 0 saturated carbocycles. The van der Waals surface area contributed by atoms with Gasteiger partial charge < -0.3 is 4.90 Å². The van der Waals surface area contributed by atoms with E-state index >= 15 is 0 Å². The minimum Gasteiger partial charge on any atom is -0.337 e. The van der Waals surface area contributed by atoms with Gasteiger partial charge in [0.25, 0.3) is 5.91 Å². The van der Waals surface area contributed by atoms with Crippen LogP contribution in [0, 0.1) is 3.57 Å². The predicted octanol–water partition coefficient (Wildman–Crippen LogP) is 4.98. The average Bonchev–Trinajstić information content (AvgIpc) is 2.40. The Labute approximate surface area is 145 Å². The molecule has 20 heavy (non-hydrogen) atoms. The van der Waals surface area contributed by atoms with E-state index in [1.165, 1.54) is 0 Å². The summed E-state index contributed by atoms with van der Waals surface area (Å²) in [7, 11) is 1.79. The van der Waals surface area contributed by atoms with Gasteiger partial charge in [-0.25, -0.2) is 0 Å². The van der Waals surface area contributed by atoms with E-state index in [-0.39, 0.29) is 5.91 Å². The Morgan fingerprint density at radius 3 is 2.75 bits per heavy atom. The molecule has 2 rings (SSSR count). The molecule has 0 saturated heterocycles. The fourth-order valence-electron chi connectivity index (χ4n) is 1.85. The maximum atomic E-state index is 12.5. The average molecular weight is 465 g/mol. The number of halogens is 3. The number of hydrogen-bond acceptors (Lipinski definition) is 1. The minimum absolute atomic E-state index is 0.0182. The number of nitrogens with zero attached hydrogens (tertiary/aromatic N) is 1. The van der Waals surface area contributed by atoms with Crippen molar-refractivity contribution in [3.8, 4) is 0 Å². The van der Waals surface area contributed by atoms with Crippen LogP contribution in [0.2, 0.25) is 5.02 Å². The maximum absolute atomic E-state index is 12.5. The van der Waals surface area contributed by atoms with Gasteiger partial charge in [-0.3, -0.25) is 4.79 Å². The first-order valence-electron chi connectivity index (χ1n) is 5.92. The first-order valence-corrected chi connectivity index (χ1v) is 8.17. The van der Waals surface area contributed by atoms with Crippen LogP contribution in [0.1, 0.15) is 15.9 Å². The molecule has 0 aromatic heterocycles. The molecule has 0 aliphatic rings. The number of benzene rings is 2. The van der Waals surface area contributed by atoms with Gasteiger partial charge in [-0.15, -0.1) is 0 Å². The van der Waals surface area contributed by atoms with Crippen molar-refractivity contribution in [3.63, 3.8) is 0 Å². The van der Waals surface area contributed by atoms with Crippen molar-refractivity contribution in [1.29, 1.82) is 0 Å². The number of hydrogen-bond donors (Lipinski definition) is 0. The monoisotopic (exact) mass is 463 g/mol. The SMILES string of the molecule is CN(Cc1cccc(Cl)c1)C(=O)c1cc(I)ccc1Br. The molecule has 1 amide bonds. The largest absolute Gasteiger partial charge is 0.337 e. The zero-order chi connectivity index (χ0) is 14.7. The number of carbonyl (C=O) groups is 1. The summed E-state index contributed by atoms with van der Waals surface area (Å²) in [5, 5.41) is 0.679. The van der Waals surface area contributed by atoms with Gasteiger partial charge in [-0.2, -0.15) is 0 Å². The molecule has 0 aliphatic heterocycles. The summed E-state index contributed by atoms with van der Waals surface area (Å²) in [6.45, 7) is 0.525. The third kappa shape index (κ3) is 3.96. The van der Waals surface area contributed by atoms with Crippen LogP contribution in [0.4, 0.5) is 0 Å². The Morgan fingerprint density at radius 1 is 1.30 bits per heavy atom. The summed E-state index contributed by atoms with van der Waals surface area (Å²) in [5.74, 6) is -0.0182. The first-order chi connectivity index (χ1) is 9.47. The number of amides is 1. The van der Waals surface area contributed by atoms with E-state index in [0.29, 0.717) is 17.1 Å². The van der Waals surface area contributed by atoms with Crippen molar-refractivity contribution in [2.24, 2.45) is 0 Å². The number of rotatable bonds is 3. The highest BCUT2D eigenvalue weighted by Crippen LogP contribution is 2.21. The molecular weight excluding hydrogens is 452 g/mol. The van der Waals surface area contributed by atoms with Crippen LogP contribution in [0.15, 0.2) is 46.9 Å². The van der Waals surface area contributed by atoms with E-state index in [1.54, 1.807) is 11.9 Å². The highest BCUT2D eigenvalue weighted by Gasteiger charge is 2.15. The van der Waals surface area contributed by atoms with Gasteiger partial charge >= 0.3 is 0 Å². The second kappa shape index (κ2) is 6.91. The molecule has 0 spiro atoms. The van der Waals surface area contributed by atoms with Gasteiger partial charge in [0.05, 0.1) is 5.56 Å². The summed E-state index contributed by atoms with van der Waals surface area (Å²) in [5.41, 5.74) is 1.68. The third-order valence-corrected chi connectivity index (χ3v) is 4.41. The Hall–Kier alpha value is -0.590. The van der Waals surface area contributed by atoms with Crippen LogP contribution in [0.5, 0.6) is 0 Å². The van der Waals surface area contributed by atoms with E-state index < -0.39 is 0 Å². The molecule has 2 nitrogen and oxygen atoms in total. The zero-order valence-corrected chi connectivity index (χ0v) is 15.2. The molecule has 104 valence electrons. The molecule has 2 aromatic carbocycles. The minimum atomic E-state index is -0.0182. The fraction of sp³-hybridized carbons (Fsp3) is 0.133. The lowest BCUT2D eigenvalue weighted by molar-refractivity contribution is 0.0784. The Morgan fingerprint density at radius 2 is 2.05 bits per heavy atom. The standard InChI is InChI=1S/C15H12BrClINO/c1-19(9-10-3-2-4-11(17)7-10)15(20)13-8-12(18)5-6-14(13)16/h2-8H,9H2,1H3. The topological polar surface area (TPSA) is 20.3 Å². The van der Waals surface area contributed by atoms with Gasteiger partial charge in [0.2, 0.25) is 0 Å². The lowest BCUT2D eigenvalue weighted by Crippen LogP contribution is -2.26.